The molecule has 0 aromatic heterocycles. The summed E-state index contributed by atoms with van der Waals surface area (Å²) >= 11 is 6.99. The smallest absolute Gasteiger partial charge is 0.266 e. The number of rotatable bonds is 6. The van der Waals surface area contributed by atoms with Gasteiger partial charge in [-0.25, -0.2) is 0 Å². The molecule has 3 rings (SSSR count). The molecule has 0 aliphatic rings. The topological polar surface area (TPSA) is 85.9 Å². The lowest BCUT2D eigenvalue weighted by Crippen LogP contribution is -2.14. The van der Waals surface area contributed by atoms with E-state index < -0.39 is 5.91 Å². The number of aryl methyl sites for hydroxylation is 2. The third kappa shape index (κ3) is 6.10. The van der Waals surface area contributed by atoms with Gasteiger partial charge in [0.15, 0.2) is 0 Å². The monoisotopic (exact) mass is 563 g/mol. The number of anilines is 1. The van der Waals surface area contributed by atoms with Gasteiger partial charge in [-0.1, -0.05) is 35.9 Å². The van der Waals surface area contributed by atoms with Gasteiger partial charge in [-0.3, -0.25) is 4.79 Å². The summed E-state index contributed by atoms with van der Waals surface area (Å²) in [5.74, 6) is 0.0725. The molecule has 0 radical (unpaired) electrons. The number of hydrogen-bond donors (Lipinski definition) is 1. The van der Waals surface area contributed by atoms with Crippen molar-refractivity contribution < 1.29 is 9.53 Å². The van der Waals surface area contributed by atoms with Crippen molar-refractivity contribution in [2.24, 2.45) is 0 Å². The highest BCUT2D eigenvalue weighted by Gasteiger charge is 2.14. The SMILES string of the molecule is Cc1ccc(NC(=O)/C(C#N)=C/c2cc(Br)c(OCc3ccccc3C#N)c(Br)c2)c(C)c1. The van der Waals surface area contributed by atoms with Crippen LogP contribution in [0.2, 0.25) is 0 Å². The summed E-state index contributed by atoms with van der Waals surface area (Å²) in [7, 11) is 0. The molecular formula is C26H19Br2N3O2. The number of carbonyl (C=O) groups excluding carboxylic acids is 1. The van der Waals surface area contributed by atoms with Gasteiger partial charge in [-0.05, 0) is 87.2 Å². The van der Waals surface area contributed by atoms with E-state index in [9.17, 15) is 15.3 Å². The predicted molar refractivity (Wildman–Crippen MR) is 135 cm³/mol. The lowest BCUT2D eigenvalue weighted by atomic mass is 10.1. The number of nitrogens with zero attached hydrogens (tertiary/aromatic N) is 2. The van der Waals surface area contributed by atoms with E-state index in [-0.39, 0.29) is 12.2 Å². The Kier molecular flexibility index (Phi) is 8.06. The summed E-state index contributed by atoms with van der Waals surface area (Å²) in [6.45, 7) is 4.10. The molecule has 1 N–H and O–H groups in total. The molecule has 0 saturated heterocycles. The van der Waals surface area contributed by atoms with Crippen LogP contribution in [0.1, 0.15) is 27.8 Å². The third-order valence-electron chi connectivity index (χ3n) is 4.84. The number of nitriles is 2. The van der Waals surface area contributed by atoms with Crippen LogP contribution < -0.4 is 10.1 Å². The Morgan fingerprint density at radius 2 is 1.76 bits per heavy atom. The Labute approximate surface area is 209 Å². The van der Waals surface area contributed by atoms with E-state index in [0.717, 1.165) is 16.7 Å². The van der Waals surface area contributed by atoms with Gasteiger partial charge in [-0.15, -0.1) is 0 Å². The Balaban J connectivity index is 1.80. The molecule has 0 atom stereocenters. The van der Waals surface area contributed by atoms with Crippen LogP contribution >= 0.6 is 31.9 Å². The number of nitrogens with one attached hydrogen (secondary N) is 1. The van der Waals surface area contributed by atoms with Crippen molar-refractivity contribution in [3.63, 3.8) is 0 Å². The molecule has 1 amide bonds. The van der Waals surface area contributed by atoms with Crippen molar-refractivity contribution in [2.45, 2.75) is 20.5 Å². The largest absolute Gasteiger partial charge is 0.486 e. The van der Waals surface area contributed by atoms with Gasteiger partial charge in [0.05, 0.1) is 20.6 Å². The standard InChI is InChI=1S/C26H19Br2N3O2/c1-16-7-8-24(17(2)9-16)31-26(32)21(14-30)10-18-11-22(27)25(23(28)12-18)33-15-20-6-4-3-5-19(20)13-29/h3-12H,15H2,1-2H3,(H,31,32)/b21-10+. The molecule has 164 valence electrons. The third-order valence-corrected chi connectivity index (χ3v) is 6.01. The number of benzene rings is 3. The van der Waals surface area contributed by atoms with E-state index in [4.69, 9.17) is 4.74 Å². The zero-order chi connectivity index (χ0) is 24.0. The molecular weight excluding hydrogens is 546 g/mol. The normalized spacial score (nSPS) is 10.8. The van der Waals surface area contributed by atoms with Crippen molar-refractivity contribution in [3.05, 3.63) is 96.9 Å². The molecule has 33 heavy (non-hydrogen) atoms. The molecule has 3 aromatic carbocycles. The molecule has 5 nitrogen and oxygen atoms in total. The van der Waals surface area contributed by atoms with Crippen LogP contribution in [0, 0.1) is 36.5 Å². The Hall–Kier alpha value is -3.39. The van der Waals surface area contributed by atoms with E-state index in [0.29, 0.717) is 31.5 Å². The number of carbonyl (C=O) groups is 1. The molecule has 0 fully saturated rings. The number of hydrogen-bond acceptors (Lipinski definition) is 4. The molecule has 0 heterocycles. The van der Waals surface area contributed by atoms with Gasteiger partial charge in [-0.2, -0.15) is 10.5 Å². The van der Waals surface area contributed by atoms with Gasteiger partial charge in [0.1, 0.15) is 24.0 Å². The fourth-order valence-corrected chi connectivity index (χ4v) is 4.62. The van der Waals surface area contributed by atoms with E-state index in [1.165, 1.54) is 6.08 Å². The van der Waals surface area contributed by atoms with Crippen LogP contribution in [0.15, 0.2) is 69.1 Å². The summed E-state index contributed by atoms with van der Waals surface area (Å²) in [5, 5.41) is 21.6. The van der Waals surface area contributed by atoms with Crippen molar-refractivity contribution in [3.8, 4) is 17.9 Å². The first kappa shape index (κ1) is 24.3. The van der Waals surface area contributed by atoms with E-state index in [1.807, 2.05) is 50.2 Å². The summed E-state index contributed by atoms with van der Waals surface area (Å²) in [5.41, 5.74) is 4.63. The van der Waals surface area contributed by atoms with E-state index in [1.54, 1.807) is 24.3 Å². The first-order chi connectivity index (χ1) is 15.8. The summed E-state index contributed by atoms with van der Waals surface area (Å²) in [4.78, 5) is 12.7. The predicted octanol–water partition coefficient (Wildman–Crippen LogP) is 6.82. The van der Waals surface area contributed by atoms with Gasteiger partial charge < -0.3 is 10.1 Å². The zero-order valence-electron chi connectivity index (χ0n) is 17.9. The molecule has 3 aromatic rings. The first-order valence-corrected chi connectivity index (χ1v) is 11.5. The molecule has 0 unspecified atom stereocenters. The molecule has 0 bridgehead atoms. The van der Waals surface area contributed by atoms with Crippen LogP contribution in [0.5, 0.6) is 5.75 Å². The van der Waals surface area contributed by atoms with Crippen LogP contribution in [0.25, 0.3) is 6.08 Å². The quantitative estimate of drug-likeness (QED) is 0.263. The second-order valence-corrected chi connectivity index (χ2v) is 9.02. The molecule has 7 heteroatoms. The van der Waals surface area contributed by atoms with Crippen LogP contribution in [-0.2, 0) is 11.4 Å². The average molecular weight is 565 g/mol. The Morgan fingerprint density at radius 1 is 1.06 bits per heavy atom. The number of ether oxygens (including phenoxy) is 1. The number of halogens is 2. The van der Waals surface area contributed by atoms with Gasteiger partial charge in [0.25, 0.3) is 5.91 Å². The minimum Gasteiger partial charge on any atom is -0.486 e. The maximum atomic E-state index is 12.7. The fourth-order valence-electron chi connectivity index (χ4n) is 3.16. The van der Waals surface area contributed by atoms with Gasteiger partial charge >= 0.3 is 0 Å². The minimum absolute atomic E-state index is 0.0228. The van der Waals surface area contributed by atoms with E-state index >= 15 is 0 Å². The highest BCUT2D eigenvalue weighted by molar-refractivity contribution is 9.11. The lowest BCUT2D eigenvalue weighted by molar-refractivity contribution is -0.112. The summed E-state index contributed by atoms with van der Waals surface area (Å²) in [6.07, 6.45) is 1.52. The molecule has 0 saturated carbocycles. The Morgan fingerprint density at radius 3 is 2.39 bits per heavy atom. The van der Waals surface area contributed by atoms with Crippen molar-refractivity contribution >= 4 is 49.5 Å². The second-order valence-electron chi connectivity index (χ2n) is 7.31. The average Bonchev–Trinajstić information content (AvgIpc) is 2.79. The Bertz CT molecular complexity index is 1310. The zero-order valence-corrected chi connectivity index (χ0v) is 21.1. The van der Waals surface area contributed by atoms with Crippen molar-refractivity contribution in [1.82, 2.24) is 0 Å². The molecule has 0 aliphatic carbocycles. The van der Waals surface area contributed by atoms with Crippen molar-refractivity contribution in [1.29, 1.82) is 10.5 Å². The fraction of sp³-hybridized carbons (Fsp3) is 0.115. The highest BCUT2D eigenvalue weighted by Crippen LogP contribution is 2.36. The second kappa shape index (κ2) is 11.0. The van der Waals surface area contributed by atoms with Crippen LogP contribution in [0.4, 0.5) is 5.69 Å². The van der Waals surface area contributed by atoms with Gasteiger partial charge in [0.2, 0.25) is 0 Å². The van der Waals surface area contributed by atoms with E-state index in [2.05, 4.69) is 43.2 Å². The van der Waals surface area contributed by atoms with Gasteiger partial charge in [0, 0.05) is 11.3 Å². The lowest BCUT2D eigenvalue weighted by Gasteiger charge is -2.12. The molecule has 0 aliphatic heterocycles. The highest BCUT2D eigenvalue weighted by atomic mass is 79.9. The summed E-state index contributed by atoms with van der Waals surface area (Å²) in [6, 6.07) is 20.6. The van der Waals surface area contributed by atoms with Crippen molar-refractivity contribution in [2.75, 3.05) is 5.32 Å². The number of amides is 1. The van der Waals surface area contributed by atoms with Crippen LogP contribution in [0.3, 0.4) is 0 Å². The first-order valence-electron chi connectivity index (χ1n) is 9.92. The minimum atomic E-state index is -0.481. The summed E-state index contributed by atoms with van der Waals surface area (Å²) < 4.78 is 7.21. The maximum Gasteiger partial charge on any atom is 0.266 e. The molecule has 0 spiro atoms. The van der Waals surface area contributed by atoms with Crippen LogP contribution in [-0.4, -0.2) is 5.91 Å². The maximum absolute atomic E-state index is 12.7.